The molecule has 1 saturated heterocycles. The summed E-state index contributed by atoms with van der Waals surface area (Å²) in [7, 11) is 1.75. The molecule has 0 spiro atoms. The molecule has 0 amide bonds. The summed E-state index contributed by atoms with van der Waals surface area (Å²) in [5, 5.41) is 8.84. The van der Waals surface area contributed by atoms with E-state index in [4.69, 9.17) is 10.00 Å². The highest BCUT2D eigenvalue weighted by atomic mass is 16.5. The Hall–Kier alpha value is -1.53. The van der Waals surface area contributed by atoms with Gasteiger partial charge in [0.05, 0.1) is 19.7 Å². The van der Waals surface area contributed by atoms with Crippen molar-refractivity contribution in [2.75, 3.05) is 26.7 Å². The van der Waals surface area contributed by atoms with Crippen molar-refractivity contribution in [3.05, 3.63) is 29.3 Å². The molecule has 0 radical (unpaired) electrons. The molecular formula is C15H18N2O. The summed E-state index contributed by atoms with van der Waals surface area (Å²) >= 11 is 0. The normalized spacial score (nSPS) is 26.2. The second-order valence-corrected chi connectivity index (χ2v) is 5.29. The molecule has 3 rings (SSSR count). The van der Waals surface area contributed by atoms with Gasteiger partial charge in [-0.1, -0.05) is 12.1 Å². The first-order valence-corrected chi connectivity index (χ1v) is 6.58. The minimum absolute atomic E-state index is 0.553. The van der Waals surface area contributed by atoms with Crippen molar-refractivity contribution in [2.45, 2.75) is 18.8 Å². The van der Waals surface area contributed by atoms with Crippen LogP contribution in [0.5, 0.6) is 5.75 Å². The number of benzene rings is 1. The zero-order chi connectivity index (χ0) is 12.5. The third-order valence-electron chi connectivity index (χ3n) is 4.34. The van der Waals surface area contributed by atoms with Gasteiger partial charge in [-0.05, 0) is 30.4 Å². The van der Waals surface area contributed by atoms with Gasteiger partial charge in [-0.25, -0.2) is 0 Å². The van der Waals surface area contributed by atoms with Crippen LogP contribution in [0.2, 0.25) is 0 Å². The standard InChI is InChI=1S/C15H18N2O/c1-18-14-4-2-3-11-5-6-12-9-17(8-7-16)10-13(12)15(11)14/h2-4,12-13H,5-6,8-10H2,1H3/t12-,13+/m0/s1. The molecule has 0 unspecified atom stereocenters. The summed E-state index contributed by atoms with van der Waals surface area (Å²) in [6.45, 7) is 2.62. The molecule has 0 saturated carbocycles. The molecule has 2 aliphatic rings. The quantitative estimate of drug-likeness (QED) is 0.746. The van der Waals surface area contributed by atoms with E-state index in [0.717, 1.165) is 25.3 Å². The molecule has 3 heteroatoms. The lowest BCUT2D eigenvalue weighted by Gasteiger charge is -2.28. The molecule has 1 heterocycles. The molecule has 0 bridgehead atoms. The van der Waals surface area contributed by atoms with Crippen LogP contribution in [0.15, 0.2) is 18.2 Å². The van der Waals surface area contributed by atoms with Gasteiger partial charge in [0, 0.05) is 24.6 Å². The van der Waals surface area contributed by atoms with Gasteiger partial charge in [-0.15, -0.1) is 0 Å². The number of hydrogen-bond acceptors (Lipinski definition) is 3. The Labute approximate surface area is 108 Å². The van der Waals surface area contributed by atoms with Gasteiger partial charge in [0.15, 0.2) is 0 Å². The van der Waals surface area contributed by atoms with Crippen molar-refractivity contribution < 1.29 is 4.74 Å². The van der Waals surface area contributed by atoms with Gasteiger partial charge < -0.3 is 4.74 Å². The lowest BCUT2D eigenvalue weighted by Crippen LogP contribution is -2.20. The lowest BCUT2D eigenvalue weighted by atomic mass is 9.76. The summed E-state index contributed by atoms with van der Waals surface area (Å²) in [6.07, 6.45) is 2.39. The number of rotatable bonds is 2. The first kappa shape index (κ1) is 11.6. The third-order valence-corrected chi connectivity index (χ3v) is 4.34. The number of aryl methyl sites for hydroxylation is 1. The number of fused-ring (bicyclic) bond motifs is 3. The van der Waals surface area contributed by atoms with Crippen LogP contribution in [0.1, 0.15) is 23.5 Å². The van der Waals surface area contributed by atoms with Crippen LogP contribution in [0.25, 0.3) is 0 Å². The third kappa shape index (κ3) is 1.77. The van der Waals surface area contributed by atoms with E-state index < -0.39 is 0 Å². The van der Waals surface area contributed by atoms with Crippen molar-refractivity contribution in [3.8, 4) is 11.8 Å². The molecule has 18 heavy (non-hydrogen) atoms. The molecule has 94 valence electrons. The van der Waals surface area contributed by atoms with Crippen molar-refractivity contribution in [1.82, 2.24) is 4.90 Å². The molecule has 1 aliphatic heterocycles. The van der Waals surface area contributed by atoms with Crippen molar-refractivity contribution >= 4 is 0 Å². The zero-order valence-electron chi connectivity index (χ0n) is 10.7. The SMILES string of the molecule is COc1cccc2c1[C@@H]1CN(CC#N)C[C@@H]1CC2. The predicted molar refractivity (Wildman–Crippen MR) is 69.6 cm³/mol. The fraction of sp³-hybridized carbons (Fsp3) is 0.533. The van der Waals surface area contributed by atoms with Crippen LogP contribution in [-0.4, -0.2) is 31.6 Å². The number of likely N-dealkylation sites (tertiary alicyclic amines) is 1. The average Bonchev–Trinajstić information content (AvgIpc) is 2.81. The largest absolute Gasteiger partial charge is 0.496 e. The van der Waals surface area contributed by atoms with Crippen LogP contribution in [-0.2, 0) is 6.42 Å². The van der Waals surface area contributed by atoms with Crippen molar-refractivity contribution in [2.24, 2.45) is 5.92 Å². The Morgan fingerprint density at radius 3 is 3.11 bits per heavy atom. The Balaban J connectivity index is 1.95. The highest BCUT2D eigenvalue weighted by Gasteiger charge is 2.38. The Morgan fingerprint density at radius 2 is 2.33 bits per heavy atom. The minimum atomic E-state index is 0.553. The van der Waals surface area contributed by atoms with Gasteiger partial charge in [0.1, 0.15) is 5.75 Å². The van der Waals surface area contributed by atoms with Crippen LogP contribution in [0.3, 0.4) is 0 Å². The minimum Gasteiger partial charge on any atom is -0.496 e. The van der Waals surface area contributed by atoms with Gasteiger partial charge in [-0.2, -0.15) is 5.26 Å². The van der Waals surface area contributed by atoms with Gasteiger partial charge in [0.2, 0.25) is 0 Å². The molecule has 3 nitrogen and oxygen atoms in total. The van der Waals surface area contributed by atoms with Crippen molar-refractivity contribution in [3.63, 3.8) is 0 Å². The Morgan fingerprint density at radius 1 is 1.44 bits per heavy atom. The smallest absolute Gasteiger partial charge is 0.122 e. The molecule has 1 fully saturated rings. The average molecular weight is 242 g/mol. The molecule has 1 aliphatic carbocycles. The van der Waals surface area contributed by atoms with E-state index in [2.05, 4.69) is 29.2 Å². The highest BCUT2D eigenvalue weighted by molar-refractivity contribution is 5.45. The maximum atomic E-state index is 8.84. The van der Waals surface area contributed by atoms with E-state index in [0.29, 0.717) is 18.4 Å². The predicted octanol–water partition coefficient (Wildman–Crippen LogP) is 2.18. The fourth-order valence-electron chi connectivity index (χ4n) is 3.56. The number of hydrogen-bond donors (Lipinski definition) is 0. The Bertz CT molecular complexity index is 478. The monoisotopic (exact) mass is 242 g/mol. The van der Waals surface area contributed by atoms with Crippen LogP contribution < -0.4 is 4.74 Å². The fourth-order valence-corrected chi connectivity index (χ4v) is 3.56. The van der Waals surface area contributed by atoms with E-state index in [9.17, 15) is 0 Å². The first-order chi connectivity index (χ1) is 8.83. The summed E-state index contributed by atoms with van der Waals surface area (Å²) in [6, 6.07) is 8.64. The van der Waals surface area contributed by atoms with Crippen LogP contribution in [0, 0.1) is 17.2 Å². The summed E-state index contributed by atoms with van der Waals surface area (Å²) in [4.78, 5) is 2.27. The number of nitrogens with zero attached hydrogens (tertiary/aromatic N) is 2. The van der Waals surface area contributed by atoms with Gasteiger partial charge in [0.25, 0.3) is 0 Å². The first-order valence-electron chi connectivity index (χ1n) is 6.58. The second kappa shape index (κ2) is 4.62. The highest BCUT2D eigenvalue weighted by Crippen LogP contribution is 2.45. The van der Waals surface area contributed by atoms with E-state index in [1.807, 2.05) is 0 Å². The van der Waals surface area contributed by atoms with Crippen LogP contribution in [0.4, 0.5) is 0 Å². The van der Waals surface area contributed by atoms with Gasteiger partial charge >= 0.3 is 0 Å². The molecule has 0 aromatic heterocycles. The van der Waals surface area contributed by atoms with E-state index >= 15 is 0 Å². The summed E-state index contributed by atoms with van der Waals surface area (Å²) < 4.78 is 5.53. The maximum Gasteiger partial charge on any atom is 0.122 e. The molecule has 0 N–H and O–H groups in total. The van der Waals surface area contributed by atoms with Crippen LogP contribution >= 0.6 is 0 Å². The second-order valence-electron chi connectivity index (χ2n) is 5.29. The number of methoxy groups -OCH3 is 1. The molecule has 1 aromatic carbocycles. The number of ether oxygens (including phenoxy) is 1. The number of nitriles is 1. The van der Waals surface area contributed by atoms with E-state index in [-0.39, 0.29) is 0 Å². The zero-order valence-corrected chi connectivity index (χ0v) is 10.7. The van der Waals surface area contributed by atoms with E-state index in [1.54, 1.807) is 7.11 Å². The summed E-state index contributed by atoms with van der Waals surface area (Å²) in [5.74, 6) is 2.28. The van der Waals surface area contributed by atoms with E-state index in [1.165, 1.54) is 17.5 Å². The molecule has 2 atom stereocenters. The molecular weight excluding hydrogens is 224 g/mol. The topological polar surface area (TPSA) is 36.3 Å². The van der Waals surface area contributed by atoms with Crippen molar-refractivity contribution in [1.29, 1.82) is 5.26 Å². The van der Waals surface area contributed by atoms with Gasteiger partial charge in [-0.3, -0.25) is 4.90 Å². The Kier molecular flexibility index (Phi) is 2.97. The molecule has 1 aromatic rings. The maximum absolute atomic E-state index is 8.84. The summed E-state index contributed by atoms with van der Waals surface area (Å²) in [5.41, 5.74) is 2.84. The lowest BCUT2D eigenvalue weighted by molar-refractivity contribution is 0.357.